The van der Waals surface area contributed by atoms with Crippen LogP contribution in [0.1, 0.15) is 85.9 Å². The van der Waals surface area contributed by atoms with Gasteiger partial charge in [-0.05, 0) is 243 Å². The maximum atomic E-state index is 12.6. The van der Waals surface area contributed by atoms with Gasteiger partial charge in [0.1, 0.15) is 46.2 Å². The van der Waals surface area contributed by atoms with Gasteiger partial charge >= 0.3 is 46.3 Å². The number of nitrogens with one attached hydrogen (secondary N) is 7. The zero-order chi connectivity index (χ0) is 92.3. The van der Waals surface area contributed by atoms with Crippen molar-refractivity contribution >= 4 is 119 Å². The Balaban J connectivity index is 0.000000147. The van der Waals surface area contributed by atoms with E-state index in [0.29, 0.717) is 89.1 Å². The molecule has 0 atom stereocenters. The topological polar surface area (TPSA) is 612 Å². The van der Waals surface area contributed by atoms with Gasteiger partial charge in [-0.1, -0.05) is 54.1 Å². The first kappa shape index (κ1) is 89.9. The first-order chi connectivity index (χ1) is 61.1. The molecule has 0 bridgehead atoms. The van der Waals surface area contributed by atoms with Crippen molar-refractivity contribution in [2.45, 2.75) is 34.6 Å². The number of ketones is 3. The van der Waals surface area contributed by atoms with Gasteiger partial charge in [0.15, 0.2) is 73.6 Å². The molecule has 0 saturated carbocycles. The molecule has 0 spiro atoms. The zero-order valence-corrected chi connectivity index (χ0v) is 67.5. The third-order valence-electron chi connectivity index (χ3n) is 18.0. The van der Waals surface area contributed by atoms with Crippen molar-refractivity contribution in [2.24, 2.45) is 0 Å². The van der Waals surface area contributed by atoms with Gasteiger partial charge in [-0.2, -0.15) is 15.8 Å². The number of phenols is 6. The number of fused-ring (bicyclic) bond motifs is 7. The van der Waals surface area contributed by atoms with Gasteiger partial charge in [-0.3, -0.25) is 49.3 Å². The third kappa shape index (κ3) is 23.2. The Kier molecular flexibility index (Phi) is 28.1. The lowest BCUT2D eigenvalue weighted by atomic mass is 10.0. The smallest absolute Gasteiger partial charge is 0.417 e. The third-order valence-corrected chi connectivity index (χ3v) is 18.0. The van der Waals surface area contributed by atoms with Crippen molar-refractivity contribution in [1.82, 2.24) is 34.9 Å². The van der Waals surface area contributed by atoms with Crippen molar-refractivity contribution in [2.75, 3.05) is 7.11 Å². The second kappa shape index (κ2) is 40.0. The number of hydrogen-bond acceptors (Lipinski definition) is 28. The van der Waals surface area contributed by atoms with Crippen LogP contribution in [0.4, 0.5) is 0 Å². The number of rotatable bonds is 11. The molecular formula is C92H68N10O26. The number of aromatic nitrogens is 7. The van der Waals surface area contributed by atoms with Crippen LogP contribution < -0.4 is 45.0 Å². The Hall–Kier alpha value is -18.9. The highest BCUT2D eigenvalue weighted by molar-refractivity contribution is 6.17. The average Bonchev–Trinajstić information content (AvgIpc) is 1.68. The van der Waals surface area contributed by atoms with Crippen LogP contribution in [0.5, 0.6) is 40.2 Å². The molecule has 0 fully saturated rings. The number of nitriles is 3. The van der Waals surface area contributed by atoms with Crippen LogP contribution >= 0.6 is 0 Å². The molecule has 11 aromatic carbocycles. The summed E-state index contributed by atoms with van der Waals surface area (Å²) in [5.74, 6) is -6.76. The van der Waals surface area contributed by atoms with Crippen molar-refractivity contribution < 1.29 is 90.6 Å². The Labute approximate surface area is 714 Å². The van der Waals surface area contributed by atoms with E-state index in [9.17, 15) is 78.7 Å². The summed E-state index contributed by atoms with van der Waals surface area (Å²) < 4.78 is 39.0. The molecular weight excluding hydrogens is 1660 g/mol. The van der Waals surface area contributed by atoms with Gasteiger partial charge < -0.3 is 71.4 Å². The number of hydrogen-bond donors (Lipinski definition) is 14. The summed E-state index contributed by atoms with van der Waals surface area (Å²) in [6.07, 6.45) is 4.11. The van der Waals surface area contributed by atoms with Crippen LogP contribution in [0.25, 0.3) is 95.9 Å². The van der Waals surface area contributed by atoms with E-state index < -0.39 is 63.6 Å². The first-order valence-corrected chi connectivity index (χ1v) is 37.3. The summed E-state index contributed by atoms with van der Waals surface area (Å²) in [4.78, 5) is 143. The minimum Gasteiger partial charge on any atom is -0.507 e. The van der Waals surface area contributed by atoms with Gasteiger partial charge in [0.25, 0.3) is 0 Å². The zero-order valence-electron chi connectivity index (χ0n) is 67.5. The first-order valence-electron chi connectivity index (χ1n) is 37.3. The quantitative estimate of drug-likeness (QED) is 0.0247. The normalized spacial score (nSPS) is 10.9. The lowest BCUT2D eigenvalue weighted by molar-refractivity contribution is 0.0692. The fraction of sp³-hybridized carbons (Fsp3) is 0.0652. The summed E-state index contributed by atoms with van der Waals surface area (Å²) in [6.45, 7) is 9.48. The number of aromatic carboxylic acids is 1. The summed E-state index contributed by atoms with van der Waals surface area (Å²) >= 11 is 0. The molecule has 0 saturated heterocycles. The maximum Gasteiger partial charge on any atom is 0.417 e. The molecule has 0 aliphatic heterocycles. The molecule has 0 radical (unpaired) electrons. The number of nitrogens with zero attached hydrogens (tertiary/aromatic N) is 3. The Morgan fingerprint density at radius 3 is 0.984 bits per heavy atom. The molecule has 36 heteroatoms. The summed E-state index contributed by atoms with van der Waals surface area (Å²) in [6, 6.07) is 57.8. The fourth-order valence-corrected chi connectivity index (χ4v) is 11.8. The van der Waals surface area contributed by atoms with Crippen molar-refractivity contribution in [1.29, 1.82) is 15.8 Å². The van der Waals surface area contributed by atoms with E-state index in [4.69, 9.17) is 61.2 Å². The number of allylic oxidation sites excluding steroid dienone is 3. The van der Waals surface area contributed by atoms with Gasteiger partial charge in [0.05, 0.1) is 45.7 Å². The lowest BCUT2D eigenvalue weighted by Gasteiger charge is -2.02. The van der Waals surface area contributed by atoms with Crippen molar-refractivity contribution in [3.63, 3.8) is 0 Å². The Bertz CT molecular complexity index is 7710. The summed E-state index contributed by atoms with van der Waals surface area (Å²) in [5, 5.41) is 91.0. The molecule has 18 rings (SSSR count). The van der Waals surface area contributed by atoms with E-state index in [1.54, 1.807) is 73.7 Å². The summed E-state index contributed by atoms with van der Waals surface area (Å²) in [7, 11) is 1.54. The predicted octanol–water partition coefficient (Wildman–Crippen LogP) is 14.4. The number of Topliss-reactive ketones (excluding diaryl/α,β-unsaturated/α-hetero) is 3. The molecule has 7 aromatic heterocycles. The number of phenolic OH excluding ortho intramolecular Hbond substituents is 5. The van der Waals surface area contributed by atoms with E-state index in [1.807, 2.05) is 82.3 Å². The molecule has 18 aromatic rings. The number of carbonyl (C=O) groups excluding carboxylic acids is 3. The molecule has 0 amide bonds. The number of carbonyl (C=O) groups is 4. The standard InChI is InChI=1S/2C18H9N3O5.C17H10N2O5.2C8H7NO2.C8H8O3.C8H10O2.C7H8O2/c19-8-11(5-9-1-3-14-12(6-9)20-17(23)25-14)16(22)10-2-4-15-13(7-10)21-18(24)26-15;19-8-11(5-9-1-3-12-15(6-9)26-17(23)20-12)16(22)10-2-4-14-13(7-10)21-18(24)25-14;18-8-11(5-9-1-3-13(20)14(21)6-9)16(22)10-2-4-15-12(7-10)19-17(23)24-15;1-5-2-3-7-6(4-5)9-8(10)11-7;1-5-2-3-6-7(4-5)11-8(10)9-6;1-5-2-3-7(9)6(4-5)8(10)11;1-6-3-4-7(9)8(5-6)10-2;1-5-2-3-6(8)7(9)4-5/h2*1-7H,(H,20,23)(H,21,24);1-7,20-21H,(H,19,23);2*2-4H,1H3,(H,9,10);2-4,9H,1H3,(H,10,11);3-5,9H,1-2H3;2-4,8-9H,1H3/b3*11-5+;;;;;. The van der Waals surface area contributed by atoms with Crippen LogP contribution in [-0.4, -0.2) is 101 Å². The van der Waals surface area contributed by atoms with Gasteiger partial charge in [0.2, 0.25) is 17.3 Å². The number of carboxylic acid groups (broad SMARTS) is 1. The Morgan fingerprint density at radius 1 is 0.297 bits per heavy atom. The highest BCUT2D eigenvalue weighted by atomic mass is 16.5. The number of oxazole rings is 7. The van der Waals surface area contributed by atoms with Gasteiger partial charge in [-0.15, -0.1) is 0 Å². The number of benzene rings is 11. The largest absolute Gasteiger partial charge is 0.507 e. The van der Waals surface area contributed by atoms with Crippen LogP contribution in [0.15, 0.2) is 281 Å². The number of carboxylic acids is 1. The molecule has 7 heterocycles. The van der Waals surface area contributed by atoms with Crippen LogP contribution in [0, 0.1) is 68.6 Å². The van der Waals surface area contributed by atoms with E-state index in [0.717, 1.165) is 38.9 Å². The molecule has 36 nitrogen and oxygen atoms in total. The van der Waals surface area contributed by atoms with Crippen LogP contribution in [0.3, 0.4) is 0 Å². The molecule has 0 unspecified atom stereocenters. The van der Waals surface area contributed by atoms with Gasteiger partial charge in [0, 0.05) is 16.7 Å². The number of aromatic hydroxyl groups is 6. The highest BCUT2D eigenvalue weighted by Gasteiger charge is 2.19. The minimum absolute atomic E-state index is 0.0509. The highest BCUT2D eigenvalue weighted by Crippen LogP contribution is 2.30. The number of ether oxygens (including phenoxy) is 1. The van der Waals surface area contributed by atoms with Gasteiger partial charge in [-0.25, -0.2) is 38.4 Å². The number of aromatic amines is 7. The van der Waals surface area contributed by atoms with E-state index in [2.05, 4.69) is 34.9 Å². The minimum atomic E-state index is -1.11. The molecule has 14 N–H and O–H groups in total. The SMILES string of the molecule is COc1cc(C)ccc1O.Cc1ccc(O)c(C(=O)O)c1.Cc1ccc(O)c(O)c1.Cc1ccc2[nH]c(=O)oc2c1.Cc1ccc2oc(=O)[nH]c2c1.N#C/C(=C\c1ccc(O)c(O)c1)C(=O)c1ccc2oc(=O)[nH]c2c1.N#C/C(=C\c1ccc2[nH]c(=O)oc2c1)C(=O)c1ccc2oc(=O)[nH]c2c1.N#C/C(=C\c1ccc2oc(=O)[nH]c2c1)C(=O)c1ccc2oc(=O)[nH]c2c1. The fourth-order valence-electron chi connectivity index (χ4n) is 11.8. The molecule has 128 heavy (non-hydrogen) atoms. The van der Waals surface area contributed by atoms with E-state index in [-0.39, 0.29) is 73.5 Å². The average molecular weight is 1730 g/mol. The lowest BCUT2D eigenvalue weighted by Crippen LogP contribution is -2.02. The molecule has 0 aliphatic rings. The molecule has 0 aliphatic carbocycles. The Morgan fingerprint density at radius 2 is 0.586 bits per heavy atom. The second-order valence-corrected chi connectivity index (χ2v) is 27.5. The predicted molar refractivity (Wildman–Crippen MR) is 465 cm³/mol. The van der Waals surface area contributed by atoms with Crippen molar-refractivity contribution in [3.8, 4) is 58.5 Å². The van der Waals surface area contributed by atoms with Crippen LogP contribution in [-0.2, 0) is 0 Å². The number of H-pyrrole nitrogens is 7. The van der Waals surface area contributed by atoms with E-state index >= 15 is 0 Å². The molecule has 642 valence electrons. The van der Waals surface area contributed by atoms with Crippen LogP contribution in [0.2, 0.25) is 0 Å². The number of methoxy groups -OCH3 is 1. The maximum absolute atomic E-state index is 12.6. The van der Waals surface area contributed by atoms with Crippen molar-refractivity contribution in [3.05, 3.63) is 358 Å². The summed E-state index contributed by atoms with van der Waals surface area (Å²) in [5.41, 5.74) is 13.2. The van der Waals surface area contributed by atoms with E-state index in [1.165, 1.54) is 122 Å². The monoisotopic (exact) mass is 1730 g/mol. The second-order valence-electron chi connectivity index (χ2n) is 27.5. The number of aryl methyl sites for hydroxylation is 5.